The summed E-state index contributed by atoms with van der Waals surface area (Å²) in [5.41, 5.74) is 4.57. The van der Waals surface area contributed by atoms with Gasteiger partial charge in [-0.2, -0.15) is 10.4 Å². The number of hydrogen-bond donors (Lipinski definition) is 0. The van der Waals surface area contributed by atoms with Gasteiger partial charge in [0.05, 0.1) is 18.7 Å². The first kappa shape index (κ1) is 11.4. The summed E-state index contributed by atoms with van der Waals surface area (Å²) in [5.74, 6) is 0. The Bertz CT molecular complexity index is 561. The Morgan fingerprint density at radius 2 is 2.24 bits per heavy atom. The van der Waals surface area contributed by atoms with Crippen molar-refractivity contribution < 1.29 is 0 Å². The van der Waals surface area contributed by atoms with Gasteiger partial charge in [-0.3, -0.25) is 4.68 Å². The molecule has 0 amide bonds. The molecule has 0 saturated heterocycles. The SMILES string of the molecule is CCn1cc(-c2ccc(CC#N)cc2C)cn1. The fraction of sp³-hybridized carbons (Fsp3) is 0.286. The molecule has 0 spiro atoms. The van der Waals surface area contributed by atoms with E-state index in [1.807, 2.05) is 23.1 Å². The van der Waals surface area contributed by atoms with E-state index < -0.39 is 0 Å². The molecule has 0 aliphatic rings. The van der Waals surface area contributed by atoms with Gasteiger partial charge in [0.25, 0.3) is 0 Å². The van der Waals surface area contributed by atoms with Crippen LogP contribution in [0.4, 0.5) is 0 Å². The highest BCUT2D eigenvalue weighted by molar-refractivity contribution is 5.66. The summed E-state index contributed by atoms with van der Waals surface area (Å²) in [7, 11) is 0. The highest BCUT2D eigenvalue weighted by Gasteiger charge is 2.05. The number of hydrogen-bond acceptors (Lipinski definition) is 2. The van der Waals surface area contributed by atoms with Crippen molar-refractivity contribution in [2.75, 3.05) is 0 Å². The lowest BCUT2D eigenvalue weighted by molar-refractivity contribution is 0.660. The summed E-state index contributed by atoms with van der Waals surface area (Å²) < 4.78 is 1.91. The first-order chi connectivity index (χ1) is 8.24. The van der Waals surface area contributed by atoms with Crippen LogP contribution in [-0.4, -0.2) is 9.78 Å². The molecular formula is C14H15N3. The number of aromatic nitrogens is 2. The molecule has 0 unspecified atom stereocenters. The minimum absolute atomic E-state index is 0.468. The van der Waals surface area contributed by atoms with Gasteiger partial charge in [0.2, 0.25) is 0 Å². The zero-order chi connectivity index (χ0) is 12.3. The zero-order valence-electron chi connectivity index (χ0n) is 10.1. The van der Waals surface area contributed by atoms with E-state index in [1.165, 1.54) is 11.1 Å². The second-order valence-corrected chi connectivity index (χ2v) is 4.07. The van der Waals surface area contributed by atoms with Crippen LogP contribution in [-0.2, 0) is 13.0 Å². The monoisotopic (exact) mass is 225 g/mol. The van der Waals surface area contributed by atoms with Gasteiger partial charge >= 0.3 is 0 Å². The Labute approximate surface area is 101 Å². The summed E-state index contributed by atoms with van der Waals surface area (Å²) in [6.07, 6.45) is 4.40. The lowest BCUT2D eigenvalue weighted by Gasteiger charge is -2.04. The van der Waals surface area contributed by atoms with E-state index in [4.69, 9.17) is 5.26 Å². The van der Waals surface area contributed by atoms with Crippen LogP contribution in [0, 0.1) is 18.3 Å². The summed E-state index contributed by atoms with van der Waals surface area (Å²) in [5, 5.41) is 12.9. The molecule has 0 atom stereocenters. The first-order valence-electron chi connectivity index (χ1n) is 5.74. The molecule has 3 heteroatoms. The van der Waals surface area contributed by atoms with Gasteiger partial charge in [-0.15, -0.1) is 0 Å². The van der Waals surface area contributed by atoms with Gasteiger partial charge in [-0.25, -0.2) is 0 Å². The maximum Gasteiger partial charge on any atom is 0.0669 e. The summed E-state index contributed by atoms with van der Waals surface area (Å²) in [6.45, 7) is 5.02. The molecule has 3 nitrogen and oxygen atoms in total. The molecule has 2 rings (SSSR count). The quantitative estimate of drug-likeness (QED) is 0.805. The van der Waals surface area contributed by atoms with Gasteiger partial charge in [-0.05, 0) is 30.5 Å². The third-order valence-electron chi connectivity index (χ3n) is 2.84. The van der Waals surface area contributed by atoms with Crippen LogP contribution in [0.5, 0.6) is 0 Å². The lowest BCUT2D eigenvalue weighted by atomic mass is 10.00. The van der Waals surface area contributed by atoms with E-state index in [-0.39, 0.29) is 0 Å². The van der Waals surface area contributed by atoms with Crippen LogP contribution in [0.1, 0.15) is 18.1 Å². The molecule has 2 aromatic rings. The molecule has 1 aromatic heterocycles. The van der Waals surface area contributed by atoms with Crippen LogP contribution in [0.2, 0.25) is 0 Å². The van der Waals surface area contributed by atoms with Crippen LogP contribution >= 0.6 is 0 Å². The van der Waals surface area contributed by atoms with Gasteiger partial charge in [0.1, 0.15) is 0 Å². The van der Waals surface area contributed by atoms with Crippen molar-refractivity contribution in [3.8, 4) is 17.2 Å². The fourth-order valence-corrected chi connectivity index (χ4v) is 1.93. The Hall–Kier alpha value is -2.08. The fourth-order valence-electron chi connectivity index (χ4n) is 1.93. The highest BCUT2D eigenvalue weighted by atomic mass is 15.3. The lowest BCUT2D eigenvalue weighted by Crippen LogP contribution is -1.92. The summed E-state index contributed by atoms with van der Waals surface area (Å²) >= 11 is 0. The Morgan fingerprint density at radius 3 is 2.82 bits per heavy atom. The molecule has 0 bridgehead atoms. The van der Waals surface area contributed by atoms with E-state index in [9.17, 15) is 0 Å². The predicted octanol–water partition coefficient (Wildman–Crippen LogP) is 2.94. The summed E-state index contributed by atoms with van der Waals surface area (Å²) in [6, 6.07) is 8.32. The summed E-state index contributed by atoms with van der Waals surface area (Å²) in [4.78, 5) is 0. The third-order valence-corrected chi connectivity index (χ3v) is 2.84. The maximum atomic E-state index is 8.67. The van der Waals surface area contributed by atoms with E-state index in [0.29, 0.717) is 6.42 Å². The van der Waals surface area contributed by atoms with Crippen molar-refractivity contribution in [3.05, 3.63) is 41.7 Å². The van der Waals surface area contributed by atoms with Crippen molar-refractivity contribution in [1.82, 2.24) is 9.78 Å². The van der Waals surface area contributed by atoms with Crippen molar-refractivity contribution in [3.63, 3.8) is 0 Å². The minimum Gasteiger partial charge on any atom is -0.272 e. The van der Waals surface area contributed by atoms with E-state index in [1.54, 1.807) is 0 Å². The Balaban J connectivity index is 2.36. The molecule has 0 radical (unpaired) electrons. The van der Waals surface area contributed by atoms with Gasteiger partial charge in [0, 0.05) is 18.3 Å². The molecule has 1 aromatic carbocycles. The minimum atomic E-state index is 0.468. The van der Waals surface area contributed by atoms with Crippen LogP contribution in [0.15, 0.2) is 30.6 Å². The molecule has 0 fully saturated rings. The second kappa shape index (κ2) is 4.84. The number of nitrogens with zero attached hydrogens (tertiary/aromatic N) is 3. The van der Waals surface area contributed by atoms with Crippen molar-refractivity contribution >= 4 is 0 Å². The smallest absolute Gasteiger partial charge is 0.0669 e. The molecule has 17 heavy (non-hydrogen) atoms. The van der Waals surface area contributed by atoms with Gasteiger partial charge < -0.3 is 0 Å². The van der Waals surface area contributed by atoms with Crippen molar-refractivity contribution in [1.29, 1.82) is 5.26 Å². The van der Waals surface area contributed by atoms with Crippen molar-refractivity contribution in [2.24, 2.45) is 0 Å². The van der Waals surface area contributed by atoms with Gasteiger partial charge in [-0.1, -0.05) is 18.2 Å². The standard InChI is InChI=1S/C14H15N3/c1-3-17-10-13(9-16-17)14-5-4-12(6-7-15)8-11(14)2/h4-5,8-10H,3,6H2,1-2H3. The van der Waals surface area contributed by atoms with E-state index >= 15 is 0 Å². The Kier molecular flexibility index (Phi) is 3.24. The molecular weight excluding hydrogens is 210 g/mol. The third kappa shape index (κ3) is 2.36. The number of nitriles is 1. The topological polar surface area (TPSA) is 41.6 Å². The molecule has 0 aliphatic carbocycles. The average molecular weight is 225 g/mol. The molecule has 0 saturated carbocycles. The first-order valence-corrected chi connectivity index (χ1v) is 5.74. The van der Waals surface area contributed by atoms with E-state index in [0.717, 1.165) is 17.7 Å². The number of rotatable bonds is 3. The zero-order valence-corrected chi connectivity index (χ0v) is 10.1. The molecule has 1 heterocycles. The highest BCUT2D eigenvalue weighted by Crippen LogP contribution is 2.23. The maximum absolute atomic E-state index is 8.67. The van der Waals surface area contributed by atoms with Crippen molar-refractivity contribution in [2.45, 2.75) is 26.8 Å². The average Bonchev–Trinajstić information content (AvgIpc) is 2.78. The van der Waals surface area contributed by atoms with Gasteiger partial charge in [0.15, 0.2) is 0 Å². The number of aryl methyl sites for hydroxylation is 2. The predicted molar refractivity (Wildman–Crippen MR) is 67.4 cm³/mol. The number of benzene rings is 1. The van der Waals surface area contributed by atoms with Crippen LogP contribution in [0.25, 0.3) is 11.1 Å². The van der Waals surface area contributed by atoms with Crippen LogP contribution < -0.4 is 0 Å². The Morgan fingerprint density at radius 1 is 1.41 bits per heavy atom. The van der Waals surface area contributed by atoms with Crippen LogP contribution in [0.3, 0.4) is 0 Å². The second-order valence-electron chi connectivity index (χ2n) is 4.07. The molecule has 86 valence electrons. The van der Waals surface area contributed by atoms with E-state index in [2.05, 4.69) is 37.1 Å². The molecule has 0 aliphatic heterocycles. The largest absolute Gasteiger partial charge is 0.272 e. The molecule has 0 N–H and O–H groups in total. The normalized spacial score (nSPS) is 10.2.